The third kappa shape index (κ3) is 3.35. The van der Waals surface area contributed by atoms with Gasteiger partial charge in [-0.15, -0.1) is 0 Å². The van der Waals surface area contributed by atoms with E-state index < -0.39 is 11.8 Å². The van der Waals surface area contributed by atoms with Crippen LogP contribution in [0.5, 0.6) is 0 Å². The maximum atomic E-state index is 14.9. The van der Waals surface area contributed by atoms with Crippen LogP contribution in [0.15, 0.2) is 24.3 Å². The highest BCUT2D eigenvalue weighted by atomic mass is 19.1. The Labute approximate surface area is 158 Å². The number of methoxy groups -OCH3 is 1. The van der Waals surface area contributed by atoms with E-state index in [2.05, 4.69) is 11.7 Å². The summed E-state index contributed by atoms with van der Waals surface area (Å²) < 4.78 is 34.2. The molecule has 0 radical (unpaired) electrons. The van der Waals surface area contributed by atoms with Crippen molar-refractivity contribution in [1.82, 2.24) is 0 Å². The van der Waals surface area contributed by atoms with Gasteiger partial charge < -0.3 is 4.74 Å². The van der Waals surface area contributed by atoms with Crippen LogP contribution in [-0.4, -0.2) is 13.1 Å². The molecular formula is C23H26F2O2. The summed E-state index contributed by atoms with van der Waals surface area (Å²) in [5.74, 6) is 0.663. The van der Waals surface area contributed by atoms with Crippen LogP contribution < -0.4 is 0 Å². The fourth-order valence-corrected chi connectivity index (χ4v) is 5.31. The smallest absolute Gasteiger partial charge is 0.340 e. The molecule has 2 aromatic rings. The van der Waals surface area contributed by atoms with Crippen molar-refractivity contribution in [2.24, 2.45) is 17.8 Å². The zero-order chi connectivity index (χ0) is 19.1. The first kappa shape index (κ1) is 18.4. The Morgan fingerprint density at radius 1 is 1.04 bits per heavy atom. The van der Waals surface area contributed by atoms with Crippen molar-refractivity contribution in [1.29, 1.82) is 0 Å². The van der Waals surface area contributed by atoms with E-state index in [1.165, 1.54) is 38.5 Å². The molecule has 2 aliphatic rings. The second-order valence-electron chi connectivity index (χ2n) is 8.46. The summed E-state index contributed by atoms with van der Waals surface area (Å²) in [4.78, 5) is 11.7. The molecule has 144 valence electrons. The van der Waals surface area contributed by atoms with E-state index in [-0.39, 0.29) is 22.7 Å². The fourth-order valence-electron chi connectivity index (χ4n) is 5.31. The molecule has 0 aromatic heterocycles. The summed E-state index contributed by atoms with van der Waals surface area (Å²) in [6, 6.07) is 6.14. The lowest BCUT2D eigenvalue weighted by Gasteiger charge is -2.41. The van der Waals surface area contributed by atoms with Crippen molar-refractivity contribution < 1.29 is 18.3 Å². The molecule has 0 N–H and O–H groups in total. The van der Waals surface area contributed by atoms with Crippen LogP contribution in [-0.2, 0) is 4.74 Å². The second-order valence-corrected chi connectivity index (χ2v) is 8.46. The standard InChI is InChI=1S/C23H26F2O2/c1-13-3-4-15-10-16(6-5-14(15)9-13)19-11-17-7-8-18(23(26)27-2)22(25)20(17)12-21(19)24/h7-8,11-16H,3-6,9-10H2,1-2H3. The first-order chi connectivity index (χ1) is 13.0. The molecule has 4 atom stereocenters. The minimum absolute atomic E-state index is 0.138. The summed E-state index contributed by atoms with van der Waals surface area (Å²) in [7, 11) is 1.21. The number of rotatable bonds is 2. The average Bonchev–Trinajstić information content (AvgIpc) is 2.67. The van der Waals surface area contributed by atoms with Crippen LogP contribution >= 0.6 is 0 Å². The van der Waals surface area contributed by atoms with Gasteiger partial charge in [-0.3, -0.25) is 0 Å². The molecule has 4 rings (SSSR count). The summed E-state index contributed by atoms with van der Waals surface area (Å²) in [5.41, 5.74) is 0.541. The topological polar surface area (TPSA) is 26.3 Å². The van der Waals surface area contributed by atoms with Gasteiger partial charge in [0.25, 0.3) is 0 Å². The van der Waals surface area contributed by atoms with E-state index in [9.17, 15) is 13.6 Å². The van der Waals surface area contributed by atoms with Gasteiger partial charge in [0.2, 0.25) is 0 Å². The molecule has 27 heavy (non-hydrogen) atoms. The molecule has 4 unspecified atom stereocenters. The second kappa shape index (κ2) is 7.21. The number of carbonyl (C=O) groups is 1. The molecule has 0 heterocycles. The van der Waals surface area contributed by atoms with Crippen LogP contribution in [0.4, 0.5) is 8.78 Å². The molecule has 2 aliphatic carbocycles. The third-order valence-electron chi connectivity index (χ3n) is 6.79. The van der Waals surface area contributed by atoms with Crippen LogP contribution in [0.1, 0.15) is 67.3 Å². The molecule has 0 saturated heterocycles. The largest absolute Gasteiger partial charge is 0.465 e. The van der Waals surface area contributed by atoms with Crippen molar-refractivity contribution in [2.75, 3.05) is 7.11 Å². The van der Waals surface area contributed by atoms with Crippen molar-refractivity contribution in [3.63, 3.8) is 0 Å². The first-order valence-electron chi connectivity index (χ1n) is 9.98. The predicted octanol–water partition coefficient (Wildman–Crippen LogP) is 6.22. The Kier molecular flexibility index (Phi) is 4.92. The normalized spacial score (nSPS) is 28.0. The van der Waals surface area contributed by atoms with E-state index >= 15 is 0 Å². The van der Waals surface area contributed by atoms with Crippen molar-refractivity contribution in [3.05, 3.63) is 47.0 Å². The number of ether oxygens (including phenoxy) is 1. The number of esters is 1. The van der Waals surface area contributed by atoms with E-state index in [0.717, 1.165) is 31.1 Å². The van der Waals surface area contributed by atoms with Gasteiger partial charge in [0.15, 0.2) is 0 Å². The molecular weight excluding hydrogens is 346 g/mol. The van der Waals surface area contributed by atoms with E-state index in [1.54, 1.807) is 12.1 Å². The van der Waals surface area contributed by atoms with E-state index in [4.69, 9.17) is 0 Å². The SMILES string of the molecule is COC(=O)c1ccc2cc(C3CCC4CC(C)CCC4C3)c(F)cc2c1F. The van der Waals surface area contributed by atoms with Crippen LogP contribution in [0.2, 0.25) is 0 Å². The van der Waals surface area contributed by atoms with Crippen LogP contribution in [0, 0.1) is 29.4 Å². The van der Waals surface area contributed by atoms with Gasteiger partial charge >= 0.3 is 5.97 Å². The zero-order valence-electron chi connectivity index (χ0n) is 15.9. The highest BCUT2D eigenvalue weighted by Gasteiger charge is 2.35. The Balaban J connectivity index is 1.65. The minimum Gasteiger partial charge on any atom is -0.465 e. The number of hydrogen-bond acceptors (Lipinski definition) is 2. The van der Waals surface area contributed by atoms with Crippen molar-refractivity contribution >= 4 is 16.7 Å². The molecule has 2 aromatic carbocycles. The van der Waals surface area contributed by atoms with Gasteiger partial charge in [-0.25, -0.2) is 13.6 Å². The summed E-state index contributed by atoms with van der Waals surface area (Å²) in [6.07, 6.45) is 7.01. The zero-order valence-corrected chi connectivity index (χ0v) is 15.9. The highest BCUT2D eigenvalue weighted by molar-refractivity contribution is 5.96. The lowest BCUT2D eigenvalue weighted by atomic mass is 9.64. The number of carbonyl (C=O) groups excluding carboxylic acids is 1. The predicted molar refractivity (Wildman–Crippen MR) is 102 cm³/mol. The molecule has 0 bridgehead atoms. The maximum absolute atomic E-state index is 14.9. The quantitative estimate of drug-likeness (QED) is 0.585. The third-order valence-corrected chi connectivity index (χ3v) is 6.79. The molecule has 2 fully saturated rings. The fraction of sp³-hybridized carbons (Fsp3) is 0.522. The van der Waals surface area contributed by atoms with E-state index in [1.807, 2.05) is 0 Å². The summed E-state index contributed by atoms with van der Waals surface area (Å²) >= 11 is 0. The van der Waals surface area contributed by atoms with Gasteiger partial charge in [-0.1, -0.05) is 19.4 Å². The monoisotopic (exact) mass is 372 g/mol. The lowest BCUT2D eigenvalue weighted by Crippen LogP contribution is -2.29. The summed E-state index contributed by atoms with van der Waals surface area (Å²) in [6.45, 7) is 2.34. The van der Waals surface area contributed by atoms with Crippen molar-refractivity contribution in [3.8, 4) is 0 Å². The van der Waals surface area contributed by atoms with Crippen LogP contribution in [0.3, 0.4) is 0 Å². The number of halogens is 2. The molecule has 0 aliphatic heterocycles. The van der Waals surface area contributed by atoms with E-state index in [0.29, 0.717) is 16.9 Å². The molecule has 2 nitrogen and oxygen atoms in total. The molecule has 0 amide bonds. The average molecular weight is 372 g/mol. The Morgan fingerprint density at radius 2 is 1.78 bits per heavy atom. The maximum Gasteiger partial charge on any atom is 0.340 e. The molecule has 4 heteroatoms. The van der Waals surface area contributed by atoms with Gasteiger partial charge in [0, 0.05) is 5.39 Å². The number of benzene rings is 2. The van der Waals surface area contributed by atoms with Gasteiger partial charge in [-0.2, -0.15) is 0 Å². The number of hydrogen-bond donors (Lipinski definition) is 0. The minimum atomic E-state index is -0.747. The highest BCUT2D eigenvalue weighted by Crippen LogP contribution is 2.48. The van der Waals surface area contributed by atoms with Gasteiger partial charge in [-0.05, 0) is 84.9 Å². The molecule has 0 spiro atoms. The van der Waals surface area contributed by atoms with Crippen molar-refractivity contribution in [2.45, 2.75) is 51.4 Å². The summed E-state index contributed by atoms with van der Waals surface area (Å²) in [5, 5.41) is 0.773. The molecule has 2 saturated carbocycles. The van der Waals surface area contributed by atoms with Crippen LogP contribution in [0.25, 0.3) is 10.8 Å². The number of fused-ring (bicyclic) bond motifs is 2. The van der Waals surface area contributed by atoms with Gasteiger partial charge in [0.1, 0.15) is 11.6 Å². The Bertz CT molecular complexity index is 876. The Hall–Kier alpha value is -1.97. The van der Waals surface area contributed by atoms with Gasteiger partial charge in [0.05, 0.1) is 12.7 Å². The lowest BCUT2D eigenvalue weighted by molar-refractivity contribution is 0.0596. The Morgan fingerprint density at radius 3 is 2.56 bits per heavy atom. The first-order valence-corrected chi connectivity index (χ1v) is 9.98.